The van der Waals surface area contributed by atoms with Gasteiger partial charge in [-0.2, -0.15) is 0 Å². The van der Waals surface area contributed by atoms with Gasteiger partial charge in [-0.25, -0.2) is 4.98 Å². The number of hydrogen-bond acceptors (Lipinski definition) is 2. The zero-order chi connectivity index (χ0) is 15.0. The van der Waals surface area contributed by atoms with Crippen molar-refractivity contribution in [2.75, 3.05) is 13.7 Å². The molecule has 1 unspecified atom stereocenters. The number of alkyl halides is 1. The smallest absolute Gasteiger partial charge is 0.127 e. The fourth-order valence-electron chi connectivity index (χ4n) is 2.94. The Bertz CT molecular complexity index is 647. The highest BCUT2D eigenvalue weighted by Gasteiger charge is 2.43. The summed E-state index contributed by atoms with van der Waals surface area (Å²) in [6.07, 6.45) is 3.54. The van der Waals surface area contributed by atoms with Crippen molar-refractivity contribution < 1.29 is 4.74 Å². The minimum absolute atomic E-state index is 0.133. The molecule has 1 aromatic heterocycles. The first-order valence-corrected chi connectivity index (χ1v) is 8.15. The molecule has 2 aromatic rings. The normalized spacial score (nSPS) is 18.1. The highest BCUT2D eigenvalue weighted by molar-refractivity contribution is 6.35. The van der Waals surface area contributed by atoms with Crippen LogP contribution in [0.2, 0.25) is 5.02 Å². The van der Waals surface area contributed by atoms with Gasteiger partial charge < -0.3 is 9.30 Å². The molecule has 0 N–H and O–H groups in total. The number of fused-ring (bicyclic) bond motifs is 1. The van der Waals surface area contributed by atoms with Crippen LogP contribution in [0.15, 0.2) is 18.2 Å². The molecular formula is C16H20Cl2N2O. The topological polar surface area (TPSA) is 27.1 Å². The molecule has 0 spiro atoms. The van der Waals surface area contributed by atoms with E-state index in [1.54, 1.807) is 7.11 Å². The van der Waals surface area contributed by atoms with Crippen LogP contribution in [-0.2, 0) is 11.3 Å². The number of aromatic nitrogens is 2. The molecule has 1 saturated carbocycles. The number of imidazole rings is 1. The van der Waals surface area contributed by atoms with Crippen LogP contribution >= 0.6 is 23.2 Å². The minimum atomic E-state index is -0.133. The zero-order valence-electron chi connectivity index (χ0n) is 12.4. The van der Waals surface area contributed by atoms with Crippen molar-refractivity contribution in [3.63, 3.8) is 0 Å². The number of methoxy groups -OCH3 is 1. The van der Waals surface area contributed by atoms with Crippen molar-refractivity contribution in [1.29, 1.82) is 0 Å². The molecule has 0 saturated heterocycles. The van der Waals surface area contributed by atoms with Crippen LogP contribution in [-0.4, -0.2) is 23.3 Å². The molecule has 0 radical (unpaired) electrons. The van der Waals surface area contributed by atoms with Gasteiger partial charge in [0.15, 0.2) is 0 Å². The van der Waals surface area contributed by atoms with Gasteiger partial charge in [-0.15, -0.1) is 11.6 Å². The number of nitrogens with zero attached hydrogens (tertiary/aromatic N) is 2. The summed E-state index contributed by atoms with van der Waals surface area (Å²) in [5.41, 5.74) is 2.25. The van der Waals surface area contributed by atoms with Gasteiger partial charge >= 0.3 is 0 Å². The molecule has 0 bridgehead atoms. The van der Waals surface area contributed by atoms with Gasteiger partial charge in [-0.05, 0) is 43.7 Å². The molecule has 1 atom stereocenters. The summed E-state index contributed by atoms with van der Waals surface area (Å²) in [5, 5.41) is 0.609. The van der Waals surface area contributed by atoms with Crippen molar-refractivity contribution in [3.05, 3.63) is 29.0 Å². The summed E-state index contributed by atoms with van der Waals surface area (Å²) in [6.45, 7) is 3.68. The first-order valence-electron chi connectivity index (χ1n) is 7.34. The van der Waals surface area contributed by atoms with Crippen molar-refractivity contribution in [2.45, 2.75) is 38.1 Å². The second-order valence-electron chi connectivity index (χ2n) is 6.02. The molecule has 3 rings (SSSR count). The highest BCUT2D eigenvalue weighted by Crippen LogP contribution is 2.51. The fraction of sp³-hybridized carbons (Fsp3) is 0.562. The lowest BCUT2D eigenvalue weighted by atomic mass is 10.0. The fourth-order valence-corrected chi connectivity index (χ4v) is 3.38. The Hall–Kier alpha value is -0.770. The van der Waals surface area contributed by atoms with Crippen LogP contribution in [0.25, 0.3) is 11.0 Å². The Labute approximate surface area is 135 Å². The molecule has 1 aliphatic rings. The van der Waals surface area contributed by atoms with Crippen molar-refractivity contribution in [2.24, 2.45) is 5.41 Å². The monoisotopic (exact) mass is 326 g/mol. The second kappa shape index (κ2) is 5.79. The molecule has 1 fully saturated rings. The molecule has 0 aliphatic heterocycles. The van der Waals surface area contributed by atoms with E-state index in [9.17, 15) is 0 Å². The van der Waals surface area contributed by atoms with E-state index < -0.39 is 0 Å². The van der Waals surface area contributed by atoms with E-state index >= 15 is 0 Å². The molecule has 114 valence electrons. The van der Waals surface area contributed by atoms with Crippen LogP contribution in [0.1, 0.15) is 37.4 Å². The molecular weight excluding hydrogens is 307 g/mol. The maximum atomic E-state index is 6.41. The Morgan fingerprint density at radius 3 is 2.81 bits per heavy atom. The highest BCUT2D eigenvalue weighted by atomic mass is 35.5. The van der Waals surface area contributed by atoms with Crippen LogP contribution in [0.5, 0.6) is 0 Å². The number of hydrogen-bond donors (Lipinski definition) is 0. The predicted octanol–water partition coefficient (Wildman–Crippen LogP) is 4.81. The molecule has 1 aliphatic carbocycles. The van der Waals surface area contributed by atoms with E-state index in [1.165, 1.54) is 12.8 Å². The zero-order valence-corrected chi connectivity index (χ0v) is 13.9. The molecule has 3 nitrogen and oxygen atoms in total. The Morgan fingerprint density at radius 2 is 2.19 bits per heavy atom. The van der Waals surface area contributed by atoms with Gasteiger partial charge in [-0.3, -0.25) is 0 Å². The summed E-state index contributed by atoms with van der Waals surface area (Å²) in [5.74, 6) is 0.906. The lowest BCUT2D eigenvalue weighted by molar-refractivity contribution is 0.167. The quantitative estimate of drug-likeness (QED) is 0.712. The SMILES string of the molecule is COCCC1(Cn2c(C(C)Cl)nc3cccc(Cl)c32)CC1. The summed E-state index contributed by atoms with van der Waals surface area (Å²) < 4.78 is 7.47. The molecule has 1 heterocycles. The molecule has 1 aromatic carbocycles. The molecule has 5 heteroatoms. The maximum absolute atomic E-state index is 6.41. The minimum Gasteiger partial charge on any atom is -0.385 e. The van der Waals surface area contributed by atoms with Gasteiger partial charge in [0.25, 0.3) is 0 Å². The average molecular weight is 327 g/mol. The number of halogens is 2. The van der Waals surface area contributed by atoms with E-state index in [0.29, 0.717) is 5.41 Å². The Balaban J connectivity index is 2.02. The van der Waals surface area contributed by atoms with Gasteiger partial charge in [-0.1, -0.05) is 17.7 Å². The summed E-state index contributed by atoms with van der Waals surface area (Å²) in [7, 11) is 1.76. The van der Waals surface area contributed by atoms with Gasteiger partial charge in [0.2, 0.25) is 0 Å². The largest absolute Gasteiger partial charge is 0.385 e. The van der Waals surface area contributed by atoms with E-state index in [4.69, 9.17) is 27.9 Å². The maximum Gasteiger partial charge on any atom is 0.127 e. The number of ether oxygens (including phenoxy) is 1. The second-order valence-corrected chi connectivity index (χ2v) is 7.08. The van der Waals surface area contributed by atoms with E-state index in [0.717, 1.165) is 41.5 Å². The number of benzene rings is 1. The van der Waals surface area contributed by atoms with Crippen LogP contribution in [0.3, 0.4) is 0 Å². The summed E-state index contributed by atoms with van der Waals surface area (Å²) in [6, 6.07) is 5.84. The van der Waals surface area contributed by atoms with E-state index in [1.807, 2.05) is 25.1 Å². The van der Waals surface area contributed by atoms with Gasteiger partial charge in [0.05, 0.1) is 21.4 Å². The first-order chi connectivity index (χ1) is 10.1. The third-order valence-electron chi connectivity index (χ3n) is 4.39. The first kappa shape index (κ1) is 15.1. The van der Waals surface area contributed by atoms with Crippen LogP contribution < -0.4 is 0 Å². The van der Waals surface area contributed by atoms with Gasteiger partial charge in [0.1, 0.15) is 5.82 Å². The summed E-state index contributed by atoms with van der Waals surface area (Å²) >= 11 is 12.7. The standard InChI is InChI=1S/C16H20Cl2N2O/c1-11(17)15-19-13-5-3-4-12(18)14(13)20(15)10-16(6-7-16)8-9-21-2/h3-5,11H,6-10H2,1-2H3. The van der Waals surface area contributed by atoms with Gasteiger partial charge in [0, 0.05) is 20.3 Å². The van der Waals surface area contributed by atoms with Crippen molar-refractivity contribution >= 4 is 34.2 Å². The van der Waals surface area contributed by atoms with Crippen molar-refractivity contribution in [3.8, 4) is 0 Å². The number of rotatable bonds is 6. The average Bonchev–Trinajstić information content (AvgIpc) is 3.10. The molecule has 21 heavy (non-hydrogen) atoms. The predicted molar refractivity (Wildman–Crippen MR) is 87.2 cm³/mol. The van der Waals surface area contributed by atoms with E-state index in [-0.39, 0.29) is 5.38 Å². The Morgan fingerprint density at radius 1 is 1.43 bits per heavy atom. The third-order valence-corrected chi connectivity index (χ3v) is 4.89. The lowest BCUT2D eigenvalue weighted by Gasteiger charge is -2.19. The lowest BCUT2D eigenvalue weighted by Crippen LogP contribution is -2.16. The third kappa shape index (κ3) is 2.92. The van der Waals surface area contributed by atoms with E-state index in [2.05, 4.69) is 9.55 Å². The van der Waals surface area contributed by atoms with Crippen LogP contribution in [0.4, 0.5) is 0 Å². The van der Waals surface area contributed by atoms with Crippen LogP contribution in [0, 0.1) is 5.41 Å². The number of para-hydroxylation sites is 1. The molecule has 0 amide bonds. The van der Waals surface area contributed by atoms with Crippen molar-refractivity contribution in [1.82, 2.24) is 9.55 Å². The Kier molecular flexibility index (Phi) is 4.17. The summed E-state index contributed by atoms with van der Waals surface area (Å²) in [4.78, 5) is 4.68.